The number of ether oxygens (including phenoxy) is 1. The summed E-state index contributed by atoms with van der Waals surface area (Å²) in [7, 11) is 0. The van der Waals surface area contributed by atoms with E-state index in [9.17, 15) is 14.9 Å². The molecule has 1 aromatic heterocycles. The topological polar surface area (TPSA) is 110 Å². The summed E-state index contributed by atoms with van der Waals surface area (Å²) < 4.78 is 5.37. The lowest BCUT2D eigenvalue weighted by atomic mass is 10.1. The molecule has 0 saturated carbocycles. The van der Waals surface area contributed by atoms with Crippen LogP contribution in [0.4, 0.5) is 28.6 Å². The lowest BCUT2D eigenvalue weighted by Gasteiger charge is -2.29. The van der Waals surface area contributed by atoms with Crippen LogP contribution >= 0.6 is 0 Å². The molecule has 3 aromatic rings. The average Bonchev–Trinajstić information content (AvgIpc) is 2.81. The van der Waals surface area contributed by atoms with Crippen molar-refractivity contribution in [1.29, 1.82) is 0 Å². The van der Waals surface area contributed by atoms with Crippen molar-refractivity contribution in [1.82, 2.24) is 4.98 Å². The van der Waals surface area contributed by atoms with Crippen molar-refractivity contribution in [2.45, 2.75) is 0 Å². The average molecular weight is 419 g/mol. The first-order valence-electron chi connectivity index (χ1n) is 9.81. The van der Waals surface area contributed by atoms with Gasteiger partial charge in [-0.2, -0.15) is 0 Å². The van der Waals surface area contributed by atoms with Crippen molar-refractivity contribution in [3.63, 3.8) is 0 Å². The van der Waals surface area contributed by atoms with E-state index in [4.69, 9.17) is 4.74 Å². The van der Waals surface area contributed by atoms with Crippen LogP contribution in [0.5, 0.6) is 0 Å². The third kappa shape index (κ3) is 4.78. The summed E-state index contributed by atoms with van der Waals surface area (Å²) in [6, 6.07) is 17.0. The highest BCUT2D eigenvalue weighted by molar-refractivity contribution is 6.06. The van der Waals surface area contributed by atoms with Crippen molar-refractivity contribution < 1.29 is 14.5 Å². The van der Waals surface area contributed by atoms with Crippen molar-refractivity contribution >= 4 is 34.5 Å². The normalized spacial score (nSPS) is 13.5. The summed E-state index contributed by atoms with van der Waals surface area (Å²) in [5.41, 5.74) is 1.57. The van der Waals surface area contributed by atoms with Crippen molar-refractivity contribution in [3.8, 4) is 0 Å². The number of hydrogen-bond acceptors (Lipinski definition) is 7. The lowest BCUT2D eigenvalue weighted by Crippen LogP contribution is -2.37. The molecule has 0 spiro atoms. The Hall–Kier alpha value is -3.98. The number of rotatable bonds is 6. The highest BCUT2D eigenvalue weighted by Crippen LogP contribution is 2.30. The van der Waals surface area contributed by atoms with Gasteiger partial charge < -0.3 is 20.3 Å². The fourth-order valence-electron chi connectivity index (χ4n) is 3.32. The van der Waals surface area contributed by atoms with Gasteiger partial charge in [-0.15, -0.1) is 0 Å². The summed E-state index contributed by atoms with van der Waals surface area (Å²) in [5.74, 6) is 0.202. The molecule has 2 heterocycles. The number of para-hydroxylation sites is 1. The Balaban J connectivity index is 1.57. The van der Waals surface area contributed by atoms with E-state index in [-0.39, 0.29) is 11.3 Å². The maximum absolute atomic E-state index is 12.9. The Bertz CT molecular complexity index is 1080. The molecule has 31 heavy (non-hydrogen) atoms. The molecule has 0 atom stereocenters. The van der Waals surface area contributed by atoms with E-state index in [0.717, 1.165) is 0 Å². The van der Waals surface area contributed by atoms with Crippen LogP contribution in [-0.4, -0.2) is 42.1 Å². The van der Waals surface area contributed by atoms with Crippen molar-refractivity contribution in [2.75, 3.05) is 41.8 Å². The van der Waals surface area contributed by atoms with E-state index >= 15 is 0 Å². The molecule has 0 radical (unpaired) electrons. The first kappa shape index (κ1) is 20.3. The summed E-state index contributed by atoms with van der Waals surface area (Å²) in [4.78, 5) is 30.4. The van der Waals surface area contributed by atoms with Gasteiger partial charge in [-0.05, 0) is 36.4 Å². The third-order valence-electron chi connectivity index (χ3n) is 4.85. The van der Waals surface area contributed by atoms with Gasteiger partial charge >= 0.3 is 0 Å². The minimum atomic E-state index is -0.509. The maximum Gasteiger partial charge on any atom is 0.293 e. The zero-order valence-electron chi connectivity index (χ0n) is 16.7. The predicted molar refractivity (Wildman–Crippen MR) is 118 cm³/mol. The zero-order chi connectivity index (χ0) is 21.6. The number of benzene rings is 2. The van der Waals surface area contributed by atoms with E-state index < -0.39 is 10.8 Å². The smallest absolute Gasteiger partial charge is 0.293 e. The third-order valence-corrected chi connectivity index (χ3v) is 4.85. The van der Waals surface area contributed by atoms with Gasteiger partial charge in [-0.3, -0.25) is 14.9 Å². The number of carbonyl (C=O) groups excluding carboxylic acids is 1. The SMILES string of the molecule is O=C(Nc1cccnc1N1CCOCC1)c1ccc(Nc2ccccc2)c([N+](=O)[O-])c1. The van der Waals surface area contributed by atoms with Crippen LogP contribution in [0.1, 0.15) is 10.4 Å². The molecule has 1 aliphatic rings. The predicted octanol–water partition coefficient (Wildman–Crippen LogP) is 3.82. The molecule has 4 rings (SSSR count). The van der Waals surface area contributed by atoms with E-state index in [1.807, 2.05) is 23.1 Å². The number of nitro groups is 1. The monoisotopic (exact) mass is 419 g/mol. The van der Waals surface area contributed by atoms with Gasteiger partial charge in [0.1, 0.15) is 5.69 Å². The van der Waals surface area contributed by atoms with Gasteiger partial charge in [0.15, 0.2) is 5.82 Å². The second kappa shape index (κ2) is 9.23. The van der Waals surface area contributed by atoms with Crippen LogP contribution in [-0.2, 0) is 4.74 Å². The highest BCUT2D eigenvalue weighted by atomic mass is 16.6. The number of nitro benzene ring substituents is 1. The minimum Gasteiger partial charge on any atom is -0.378 e. The van der Waals surface area contributed by atoms with Gasteiger partial charge in [0.2, 0.25) is 0 Å². The fraction of sp³-hybridized carbons (Fsp3) is 0.182. The molecule has 1 fully saturated rings. The molecule has 9 heteroatoms. The Morgan fingerprint density at radius 3 is 2.55 bits per heavy atom. The number of nitrogens with zero attached hydrogens (tertiary/aromatic N) is 3. The Labute approximate surface area is 178 Å². The second-order valence-corrected chi connectivity index (χ2v) is 6.91. The largest absolute Gasteiger partial charge is 0.378 e. The molecule has 1 amide bonds. The van der Waals surface area contributed by atoms with E-state index in [1.54, 1.807) is 36.5 Å². The summed E-state index contributed by atoms with van der Waals surface area (Å²) >= 11 is 0. The van der Waals surface area contributed by atoms with Crippen molar-refractivity contribution in [2.24, 2.45) is 0 Å². The minimum absolute atomic E-state index is 0.182. The number of nitrogens with one attached hydrogen (secondary N) is 2. The van der Waals surface area contributed by atoms with Crippen LogP contribution < -0.4 is 15.5 Å². The van der Waals surface area contributed by atoms with Crippen LogP contribution in [0.2, 0.25) is 0 Å². The number of morpholine rings is 1. The number of pyridine rings is 1. The van der Waals surface area contributed by atoms with Gasteiger partial charge in [0.25, 0.3) is 11.6 Å². The van der Waals surface area contributed by atoms with Gasteiger partial charge in [0, 0.05) is 36.6 Å². The molecular weight excluding hydrogens is 398 g/mol. The molecule has 2 aromatic carbocycles. The molecule has 0 unspecified atom stereocenters. The molecule has 1 saturated heterocycles. The number of anilines is 4. The summed E-state index contributed by atoms with van der Waals surface area (Å²) in [5, 5.41) is 17.5. The van der Waals surface area contributed by atoms with Gasteiger partial charge in [0.05, 0.1) is 23.8 Å². The second-order valence-electron chi connectivity index (χ2n) is 6.91. The first-order valence-corrected chi connectivity index (χ1v) is 9.81. The van der Waals surface area contributed by atoms with Crippen LogP contribution in [0.25, 0.3) is 0 Å². The summed E-state index contributed by atoms with van der Waals surface area (Å²) in [6.07, 6.45) is 1.66. The van der Waals surface area contributed by atoms with Crippen LogP contribution in [0.3, 0.4) is 0 Å². The number of hydrogen-bond donors (Lipinski definition) is 2. The lowest BCUT2D eigenvalue weighted by molar-refractivity contribution is -0.383. The molecule has 0 bridgehead atoms. The van der Waals surface area contributed by atoms with E-state index in [1.165, 1.54) is 12.1 Å². The molecule has 0 aliphatic carbocycles. The molecule has 2 N–H and O–H groups in total. The molecular formula is C22H21N5O4. The van der Waals surface area contributed by atoms with E-state index in [2.05, 4.69) is 15.6 Å². The maximum atomic E-state index is 12.9. The fourth-order valence-corrected chi connectivity index (χ4v) is 3.32. The van der Waals surface area contributed by atoms with Gasteiger partial charge in [-0.1, -0.05) is 18.2 Å². The Morgan fingerprint density at radius 2 is 1.81 bits per heavy atom. The van der Waals surface area contributed by atoms with Crippen molar-refractivity contribution in [3.05, 3.63) is 82.5 Å². The molecule has 158 valence electrons. The first-order chi connectivity index (χ1) is 15.1. The quantitative estimate of drug-likeness (QED) is 0.462. The number of aromatic nitrogens is 1. The van der Waals surface area contributed by atoms with Gasteiger partial charge in [-0.25, -0.2) is 4.98 Å². The summed E-state index contributed by atoms with van der Waals surface area (Å²) in [6.45, 7) is 2.52. The standard InChI is InChI=1S/C22H21N5O4/c28-22(25-19-7-4-10-23-21(19)26-11-13-31-14-12-26)16-8-9-18(20(15-16)27(29)30)24-17-5-2-1-3-6-17/h1-10,15,24H,11-14H2,(H,25,28). The number of carbonyl (C=O) groups is 1. The van der Waals surface area contributed by atoms with E-state index in [0.29, 0.717) is 49.2 Å². The Kier molecular flexibility index (Phi) is 6.04. The molecule has 9 nitrogen and oxygen atoms in total. The molecule has 1 aliphatic heterocycles. The highest BCUT2D eigenvalue weighted by Gasteiger charge is 2.20. The number of amides is 1. The van der Waals surface area contributed by atoms with Crippen LogP contribution in [0.15, 0.2) is 66.9 Å². The van der Waals surface area contributed by atoms with Crippen LogP contribution in [0, 0.1) is 10.1 Å². The Morgan fingerprint density at radius 1 is 1.03 bits per heavy atom. The zero-order valence-corrected chi connectivity index (χ0v) is 16.7.